The minimum atomic E-state index is -1.58. The van der Waals surface area contributed by atoms with Crippen LogP contribution < -0.4 is 0 Å². The zero-order chi connectivity index (χ0) is 22.5. The predicted molar refractivity (Wildman–Crippen MR) is 119 cm³/mol. The Kier molecular flexibility index (Phi) is 6.91. The van der Waals surface area contributed by atoms with Gasteiger partial charge in [0.2, 0.25) is 0 Å². The van der Waals surface area contributed by atoms with E-state index < -0.39 is 23.3 Å². The molecular formula is C27H22F4. The molecule has 0 atom stereocenters. The summed E-state index contributed by atoms with van der Waals surface area (Å²) in [5.41, 5.74) is 4.35. The number of hydrogen-bond donors (Lipinski definition) is 0. The SMILES string of the molecule is C=C(/C=C\C(=C/C)CC)c1ccc(-c2ccc(-c3cc(F)c(F)c(F)c3)c(F)c2)cc1. The van der Waals surface area contributed by atoms with Crippen molar-refractivity contribution in [2.75, 3.05) is 0 Å². The third kappa shape index (κ3) is 5.02. The zero-order valence-electron chi connectivity index (χ0n) is 17.4. The van der Waals surface area contributed by atoms with Crippen LogP contribution >= 0.6 is 0 Å². The second-order valence-corrected chi connectivity index (χ2v) is 7.10. The quantitative estimate of drug-likeness (QED) is 0.212. The van der Waals surface area contributed by atoms with Crippen molar-refractivity contribution in [3.05, 3.63) is 114 Å². The molecule has 0 aromatic heterocycles. The molecule has 0 aliphatic heterocycles. The molecular weight excluding hydrogens is 400 g/mol. The Labute approximate surface area is 179 Å². The van der Waals surface area contributed by atoms with Gasteiger partial charge >= 0.3 is 0 Å². The van der Waals surface area contributed by atoms with Gasteiger partial charge in [0.05, 0.1) is 0 Å². The molecule has 0 aliphatic rings. The van der Waals surface area contributed by atoms with Gasteiger partial charge in [-0.2, -0.15) is 0 Å². The summed E-state index contributed by atoms with van der Waals surface area (Å²) >= 11 is 0. The molecule has 0 spiro atoms. The standard InChI is InChI=1S/C27H22F4/c1-4-18(5-2)7-6-17(3)19-8-10-20(11-9-19)21-12-13-23(24(28)14-21)22-15-25(29)27(31)26(30)16-22/h4,6-16H,3,5H2,1-2H3/b7-6-,18-4-. The first kappa shape index (κ1) is 22.3. The van der Waals surface area contributed by atoms with Gasteiger partial charge < -0.3 is 0 Å². The van der Waals surface area contributed by atoms with Gasteiger partial charge in [0.25, 0.3) is 0 Å². The molecule has 3 aromatic carbocycles. The first-order chi connectivity index (χ1) is 14.8. The van der Waals surface area contributed by atoms with Crippen molar-refractivity contribution in [3.63, 3.8) is 0 Å². The molecule has 31 heavy (non-hydrogen) atoms. The highest BCUT2D eigenvalue weighted by atomic mass is 19.2. The highest BCUT2D eigenvalue weighted by Gasteiger charge is 2.14. The average Bonchev–Trinajstić information content (AvgIpc) is 2.77. The van der Waals surface area contributed by atoms with Crippen molar-refractivity contribution < 1.29 is 17.6 Å². The highest BCUT2D eigenvalue weighted by Crippen LogP contribution is 2.30. The van der Waals surface area contributed by atoms with Gasteiger partial charge in [-0.15, -0.1) is 0 Å². The Morgan fingerprint density at radius 1 is 0.774 bits per heavy atom. The number of rotatable bonds is 6. The second kappa shape index (κ2) is 9.61. The minimum Gasteiger partial charge on any atom is -0.206 e. The number of benzene rings is 3. The normalized spacial score (nSPS) is 11.9. The molecule has 0 aliphatic carbocycles. The van der Waals surface area contributed by atoms with E-state index in [1.54, 1.807) is 6.07 Å². The van der Waals surface area contributed by atoms with Gasteiger partial charge in [-0.25, -0.2) is 17.6 Å². The van der Waals surface area contributed by atoms with Crippen LogP contribution in [0.15, 0.2) is 85.0 Å². The van der Waals surface area contributed by atoms with Crippen molar-refractivity contribution in [2.24, 2.45) is 0 Å². The Balaban J connectivity index is 1.84. The number of halogens is 4. The number of allylic oxidation sites excluding steroid dienone is 5. The van der Waals surface area contributed by atoms with Crippen LogP contribution in [0.5, 0.6) is 0 Å². The second-order valence-electron chi connectivity index (χ2n) is 7.10. The first-order valence-electron chi connectivity index (χ1n) is 9.91. The van der Waals surface area contributed by atoms with E-state index in [9.17, 15) is 17.6 Å². The summed E-state index contributed by atoms with van der Waals surface area (Å²) in [5.74, 6) is -4.95. The van der Waals surface area contributed by atoms with E-state index in [1.807, 2.05) is 43.3 Å². The Bertz CT molecular complexity index is 1150. The molecule has 0 bridgehead atoms. The van der Waals surface area contributed by atoms with Crippen molar-refractivity contribution >= 4 is 5.57 Å². The zero-order valence-corrected chi connectivity index (χ0v) is 17.4. The van der Waals surface area contributed by atoms with Crippen molar-refractivity contribution in [2.45, 2.75) is 20.3 Å². The third-order valence-corrected chi connectivity index (χ3v) is 5.13. The molecule has 0 amide bonds. The summed E-state index contributed by atoms with van der Waals surface area (Å²) in [6, 6.07) is 13.4. The third-order valence-electron chi connectivity index (χ3n) is 5.13. The van der Waals surface area contributed by atoms with Crippen LogP contribution in [0.2, 0.25) is 0 Å². The van der Waals surface area contributed by atoms with E-state index in [2.05, 4.69) is 19.6 Å². The van der Waals surface area contributed by atoms with E-state index in [1.165, 1.54) is 17.7 Å². The van der Waals surface area contributed by atoms with Crippen LogP contribution in [-0.4, -0.2) is 0 Å². The first-order valence-corrected chi connectivity index (χ1v) is 9.91. The van der Waals surface area contributed by atoms with Gasteiger partial charge in [-0.05, 0) is 59.4 Å². The Morgan fingerprint density at radius 2 is 1.35 bits per heavy atom. The van der Waals surface area contributed by atoms with E-state index in [4.69, 9.17) is 0 Å². The van der Waals surface area contributed by atoms with Gasteiger partial charge in [-0.1, -0.05) is 73.7 Å². The lowest BCUT2D eigenvalue weighted by molar-refractivity contribution is 0.447. The largest absolute Gasteiger partial charge is 0.206 e. The van der Waals surface area contributed by atoms with E-state index in [0.29, 0.717) is 5.56 Å². The molecule has 0 nitrogen and oxygen atoms in total. The molecule has 0 radical (unpaired) electrons. The highest BCUT2D eigenvalue weighted by molar-refractivity contribution is 5.76. The van der Waals surface area contributed by atoms with Gasteiger partial charge in [0, 0.05) is 5.56 Å². The molecule has 0 saturated carbocycles. The fraction of sp³-hybridized carbons (Fsp3) is 0.111. The van der Waals surface area contributed by atoms with Crippen molar-refractivity contribution in [1.29, 1.82) is 0 Å². The van der Waals surface area contributed by atoms with Crippen LogP contribution in [0, 0.1) is 23.3 Å². The van der Waals surface area contributed by atoms with E-state index in [0.717, 1.165) is 35.3 Å². The molecule has 4 heteroatoms. The lowest BCUT2D eigenvalue weighted by atomic mass is 9.97. The lowest BCUT2D eigenvalue weighted by Crippen LogP contribution is -1.94. The van der Waals surface area contributed by atoms with Gasteiger partial charge in [0.15, 0.2) is 17.5 Å². The van der Waals surface area contributed by atoms with Crippen LogP contribution in [0.3, 0.4) is 0 Å². The molecule has 0 saturated heterocycles. The maximum atomic E-state index is 14.7. The Morgan fingerprint density at radius 3 is 1.90 bits per heavy atom. The molecule has 0 N–H and O–H groups in total. The van der Waals surface area contributed by atoms with Crippen LogP contribution in [-0.2, 0) is 0 Å². The molecule has 3 aromatic rings. The molecule has 0 fully saturated rings. The van der Waals surface area contributed by atoms with Crippen molar-refractivity contribution in [3.8, 4) is 22.3 Å². The molecule has 3 rings (SSSR count). The summed E-state index contributed by atoms with van der Waals surface area (Å²) in [7, 11) is 0. The summed E-state index contributed by atoms with van der Waals surface area (Å²) < 4.78 is 54.8. The van der Waals surface area contributed by atoms with Crippen LogP contribution in [0.1, 0.15) is 25.8 Å². The minimum absolute atomic E-state index is 0.00704. The molecule has 158 valence electrons. The maximum Gasteiger partial charge on any atom is 0.194 e. The summed E-state index contributed by atoms with van der Waals surface area (Å²) in [6.45, 7) is 8.17. The monoisotopic (exact) mass is 422 g/mol. The van der Waals surface area contributed by atoms with Crippen LogP contribution in [0.4, 0.5) is 17.6 Å². The molecule has 0 unspecified atom stereocenters. The maximum absolute atomic E-state index is 14.7. The smallest absolute Gasteiger partial charge is 0.194 e. The average molecular weight is 422 g/mol. The topological polar surface area (TPSA) is 0 Å². The lowest BCUT2D eigenvalue weighted by Gasteiger charge is -2.09. The predicted octanol–water partition coefficient (Wildman–Crippen LogP) is 8.50. The summed E-state index contributed by atoms with van der Waals surface area (Å²) in [6.07, 6.45) is 6.99. The summed E-state index contributed by atoms with van der Waals surface area (Å²) in [4.78, 5) is 0. The summed E-state index contributed by atoms with van der Waals surface area (Å²) in [5, 5.41) is 0. The Hall–Kier alpha value is -3.40. The fourth-order valence-electron chi connectivity index (χ4n) is 3.24. The number of hydrogen-bond acceptors (Lipinski definition) is 0. The van der Waals surface area contributed by atoms with Crippen molar-refractivity contribution in [1.82, 2.24) is 0 Å². The van der Waals surface area contributed by atoms with E-state index in [-0.39, 0.29) is 11.1 Å². The van der Waals surface area contributed by atoms with E-state index >= 15 is 0 Å². The van der Waals surface area contributed by atoms with Gasteiger partial charge in [-0.3, -0.25) is 0 Å². The fourth-order valence-corrected chi connectivity index (χ4v) is 3.24. The van der Waals surface area contributed by atoms with Gasteiger partial charge in [0.1, 0.15) is 5.82 Å². The molecule has 0 heterocycles. The van der Waals surface area contributed by atoms with Crippen LogP contribution in [0.25, 0.3) is 27.8 Å².